The van der Waals surface area contributed by atoms with Crippen LogP contribution >= 0.6 is 116 Å². The summed E-state index contributed by atoms with van der Waals surface area (Å²) in [5, 5.41) is 0. The Hall–Kier alpha value is 0.1000. The molecule has 0 aliphatic carbocycles. The molecule has 0 fully saturated rings. The highest BCUT2D eigenvalue weighted by Crippen LogP contribution is 2.65. The van der Waals surface area contributed by atoms with Crippen molar-refractivity contribution in [3.05, 3.63) is 0 Å². The fourth-order valence-corrected chi connectivity index (χ4v) is 20.8. The van der Waals surface area contributed by atoms with Crippen molar-refractivity contribution in [2.24, 2.45) is 10.8 Å². The Morgan fingerprint density at radius 2 is 0.768 bits per heavy atom. The van der Waals surface area contributed by atoms with E-state index in [-0.39, 0.29) is 10.8 Å². The van der Waals surface area contributed by atoms with E-state index in [1.807, 2.05) is 92.4 Å². The molecule has 56 heavy (non-hydrogen) atoms. The maximum atomic E-state index is 6.79. The first-order valence-corrected chi connectivity index (χ1v) is 29.3. The molecule has 0 unspecified atom stereocenters. The summed E-state index contributed by atoms with van der Waals surface area (Å²) in [6, 6.07) is 0. The van der Waals surface area contributed by atoms with E-state index in [0.717, 1.165) is 57.5 Å². The topological polar surface area (TPSA) is 36.9 Å². The highest BCUT2D eigenvalue weighted by molar-refractivity contribution is 8.06. The molecular weight excluding hydrogens is 889 g/mol. The first kappa shape index (κ1) is 42.8. The van der Waals surface area contributed by atoms with Crippen LogP contribution in [0.15, 0.2) is 28.0 Å². The predicted octanol–water partition coefficient (Wildman–Crippen LogP) is 16.3. The summed E-state index contributed by atoms with van der Waals surface area (Å²) in [6.07, 6.45) is 10.2. The van der Waals surface area contributed by atoms with E-state index < -0.39 is 0 Å². The summed E-state index contributed by atoms with van der Waals surface area (Å²) in [5.41, 5.74) is -0.0815. The van der Waals surface area contributed by atoms with Gasteiger partial charge in [0.25, 0.3) is 0 Å². The third-order valence-electron chi connectivity index (χ3n) is 9.89. The molecule has 4 aliphatic rings. The lowest BCUT2D eigenvalue weighted by molar-refractivity contribution is 0.139. The van der Waals surface area contributed by atoms with Gasteiger partial charge in [-0.05, 0) is 24.3 Å². The molecule has 4 aromatic heterocycles. The molecular formula is C42H54O4S10. The van der Waals surface area contributed by atoms with E-state index in [2.05, 4.69) is 65.1 Å². The number of hydrogen-bond donors (Lipinski definition) is 0. The zero-order valence-corrected chi connectivity index (χ0v) is 41.6. The van der Waals surface area contributed by atoms with Gasteiger partial charge >= 0.3 is 0 Å². The van der Waals surface area contributed by atoms with Gasteiger partial charge in [0.2, 0.25) is 0 Å². The average molecular weight is 944 g/mol. The van der Waals surface area contributed by atoms with Crippen LogP contribution in [0.5, 0.6) is 23.0 Å². The third kappa shape index (κ3) is 9.30. The molecule has 0 amide bonds. The minimum Gasteiger partial charge on any atom is -0.487 e. The van der Waals surface area contributed by atoms with Crippen LogP contribution in [-0.2, 0) is 0 Å². The first-order chi connectivity index (χ1) is 27.2. The molecule has 0 spiro atoms. The van der Waals surface area contributed by atoms with Crippen molar-refractivity contribution in [3.63, 3.8) is 0 Å². The molecule has 0 atom stereocenters. The predicted molar refractivity (Wildman–Crippen MR) is 256 cm³/mol. The van der Waals surface area contributed by atoms with Gasteiger partial charge in [0.05, 0.1) is 55.7 Å². The summed E-state index contributed by atoms with van der Waals surface area (Å²) in [5.74, 6) is 10.7. The van der Waals surface area contributed by atoms with Gasteiger partial charge in [-0.3, -0.25) is 0 Å². The zero-order valence-electron chi connectivity index (χ0n) is 33.4. The standard InChI is InChI=1S/C42H54O4S10/c1-7-9-11-13-15-51-39-27-25(43-21-41(3,4)23-45-27)29(55-39)35-31-33(49-19-17-47-31)37(53-35)38-34-32(48-18-20-50-34)36(54-38)30-26-28(46-24-42(5,6)22-44-26)40(56-30)52-16-14-12-10-8-2/h7-24H2,1-6H3. The molecule has 0 aromatic carbocycles. The van der Waals surface area contributed by atoms with Crippen LogP contribution in [-0.4, -0.2) is 60.9 Å². The molecule has 0 saturated heterocycles. The monoisotopic (exact) mass is 942 g/mol. The molecule has 0 radical (unpaired) electrons. The Bertz CT molecular complexity index is 1840. The Morgan fingerprint density at radius 1 is 0.429 bits per heavy atom. The van der Waals surface area contributed by atoms with Crippen LogP contribution in [0.1, 0.15) is 92.9 Å². The van der Waals surface area contributed by atoms with Gasteiger partial charge in [-0.25, -0.2) is 0 Å². The van der Waals surface area contributed by atoms with Crippen LogP contribution in [0.25, 0.3) is 29.3 Å². The summed E-state index contributed by atoms with van der Waals surface area (Å²) in [7, 11) is 0. The highest BCUT2D eigenvalue weighted by Gasteiger charge is 2.38. The number of rotatable bonds is 15. The highest BCUT2D eigenvalue weighted by atomic mass is 32.2. The second kappa shape index (κ2) is 19.0. The van der Waals surface area contributed by atoms with Crippen LogP contribution in [0, 0.1) is 10.8 Å². The van der Waals surface area contributed by atoms with Gasteiger partial charge in [-0.15, -0.1) is 116 Å². The Morgan fingerprint density at radius 3 is 1.12 bits per heavy atom. The lowest BCUT2D eigenvalue weighted by Crippen LogP contribution is -2.26. The van der Waals surface area contributed by atoms with E-state index in [4.69, 9.17) is 18.9 Å². The van der Waals surface area contributed by atoms with Gasteiger partial charge in [0.15, 0.2) is 23.0 Å². The molecule has 0 bridgehead atoms. The van der Waals surface area contributed by atoms with Crippen molar-refractivity contribution in [2.45, 2.75) is 121 Å². The molecule has 4 aliphatic heterocycles. The van der Waals surface area contributed by atoms with Crippen molar-refractivity contribution in [3.8, 4) is 52.3 Å². The molecule has 14 heteroatoms. The largest absolute Gasteiger partial charge is 0.487 e. The molecule has 0 N–H and O–H groups in total. The molecule has 8 rings (SSSR count). The quantitative estimate of drug-likeness (QED) is 0.0850. The van der Waals surface area contributed by atoms with Gasteiger partial charge < -0.3 is 18.9 Å². The fourth-order valence-electron chi connectivity index (χ4n) is 6.80. The molecule has 0 saturated carbocycles. The maximum absolute atomic E-state index is 6.79. The number of thiophene rings is 4. The zero-order chi connectivity index (χ0) is 38.9. The van der Waals surface area contributed by atoms with E-state index in [1.165, 1.54) is 109 Å². The minimum absolute atomic E-state index is 0.0408. The summed E-state index contributed by atoms with van der Waals surface area (Å²) in [6.45, 7) is 16.3. The van der Waals surface area contributed by atoms with Crippen LogP contribution in [0.2, 0.25) is 0 Å². The molecule has 4 nitrogen and oxygen atoms in total. The second-order valence-electron chi connectivity index (χ2n) is 16.3. The van der Waals surface area contributed by atoms with Crippen molar-refractivity contribution in [2.75, 3.05) is 60.9 Å². The van der Waals surface area contributed by atoms with E-state index in [1.54, 1.807) is 0 Å². The molecule has 8 heterocycles. The van der Waals surface area contributed by atoms with E-state index >= 15 is 0 Å². The van der Waals surface area contributed by atoms with Crippen LogP contribution < -0.4 is 18.9 Å². The normalized spacial score (nSPS) is 18.3. The van der Waals surface area contributed by atoms with E-state index in [0.29, 0.717) is 26.4 Å². The van der Waals surface area contributed by atoms with Crippen molar-refractivity contribution in [1.82, 2.24) is 0 Å². The smallest absolute Gasteiger partial charge is 0.186 e. The Kier molecular flexibility index (Phi) is 14.5. The minimum atomic E-state index is -0.0408. The second-order valence-corrected chi connectivity index (χ2v) is 27.5. The first-order valence-electron chi connectivity index (χ1n) is 20.1. The number of unbranched alkanes of at least 4 members (excludes halogenated alkanes) is 6. The van der Waals surface area contributed by atoms with Gasteiger partial charge in [0, 0.05) is 53.4 Å². The van der Waals surface area contributed by atoms with Crippen molar-refractivity contribution in [1.29, 1.82) is 0 Å². The van der Waals surface area contributed by atoms with Gasteiger partial charge in [0.1, 0.15) is 8.42 Å². The van der Waals surface area contributed by atoms with Gasteiger partial charge in [-0.1, -0.05) is 80.1 Å². The summed E-state index contributed by atoms with van der Waals surface area (Å²) in [4.78, 5) is 14.0. The fraction of sp³-hybridized carbons (Fsp3) is 0.619. The maximum Gasteiger partial charge on any atom is 0.186 e. The van der Waals surface area contributed by atoms with Gasteiger partial charge in [-0.2, -0.15) is 0 Å². The number of thioether (sulfide) groups is 6. The SMILES string of the molecule is CCCCCCSc1sc(-c2sc(-c3sc(-c4sc(SCCCCCC)c5c4OCC(C)(C)CO5)c4c3SCCS4)c3c2SCCS3)c2c1OCC(C)(C)CO2. The molecule has 4 aromatic rings. The van der Waals surface area contributed by atoms with Crippen LogP contribution in [0.4, 0.5) is 0 Å². The summed E-state index contributed by atoms with van der Waals surface area (Å²) >= 11 is 20.0. The van der Waals surface area contributed by atoms with Crippen LogP contribution in [0.3, 0.4) is 0 Å². The number of ether oxygens (including phenoxy) is 4. The Balaban J connectivity index is 1.21. The third-order valence-corrected chi connectivity index (χ3v) is 23.5. The number of hydrogen-bond acceptors (Lipinski definition) is 14. The lowest BCUT2D eigenvalue weighted by atomic mass is 9.97. The lowest BCUT2D eigenvalue weighted by Gasteiger charge is -2.20. The van der Waals surface area contributed by atoms with Crippen molar-refractivity contribution < 1.29 is 18.9 Å². The average Bonchev–Trinajstić information content (AvgIpc) is 3.89. The van der Waals surface area contributed by atoms with Crippen molar-refractivity contribution >= 4 is 116 Å². The summed E-state index contributed by atoms with van der Waals surface area (Å²) < 4.78 is 29.5. The molecule has 306 valence electrons. The number of fused-ring (bicyclic) bond motifs is 4. The Labute approximate surface area is 376 Å². The van der Waals surface area contributed by atoms with E-state index in [9.17, 15) is 0 Å².